The van der Waals surface area contributed by atoms with Crippen molar-refractivity contribution in [3.63, 3.8) is 0 Å². The lowest BCUT2D eigenvalue weighted by atomic mass is 10.1. The van der Waals surface area contributed by atoms with E-state index >= 15 is 0 Å². The molecule has 0 atom stereocenters. The lowest BCUT2D eigenvalue weighted by Gasteiger charge is -2.11. The van der Waals surface area contributed by atoms with E-state index in [4.69, 9.17) is 4.74 Å². The molecule has 0 aliphatic heterocycles. The molecule has 0 aliphatic rings. The molecule has 0 saturated carbocycles. The zero-order chi connectivity index (χ0) is 19.4. The number of fused-ring (bicyclic) bond motifs is 1. The number of amides is 2. The molecule has 3 N–H and O–H groups in total. The van der Waals surface area contributed by atoms with E-state index in [1.165, 1.54) is 7.11 Å². The second-order valence-electron chi connectivity index (χ2n) is 5.60. The van der Waals surface area contributed by atoms with Crippen LogP contribution in [0.4, 0.5) is 16.4 Å². The molecule has 0 unspecified atom stereocenters. The summed E-state index contributed by atoms with van der Waals surface area (Å²) < 4.78 is 33.5. The standard InChI is InChI=1S/C17H17N5O4S/c1-11-9-15(26-2)19-16(18-11)20-17(23)22-27(24,25)21-14-8-7-12-5-3-4-6-13(12)10-14/h3-10,21H,1-2H3,(H2,18,19,20,22,23). The van der Waals surface area contributed by atoms with E-state index in [0.29, 0.717) is 11.4 Å². The van der Waals surface area contributed by atoms with Gasteiger partial charge in [0.05, 0.1) is 12.8 Å². The van der Waals surface area contributed by atoms with E-state index in [0.717, 1.165) is 10.8 Å². The zero-order valence-electron chi connectivity index (χ0n) is 14.6. The molecular formula is C17H17N5O4S. The van der Waals surface area contributed by atoms with Crippen LogP contribution in [-0.4, -0.2) is 31.5 Å². The summed E-state index contributed by atoms with van der Waals surface area (Å²) in [5, 5.41) is 4.09. The monoisotopic (exact) mass is 387 g/mol. The summed E-state index contributed by atoms with van der Waals surface area (Å²) in [4.78, 5) is 19.9. The number of anilines is 2. The number of rotatable bonds is 5. The third-order valence-corrected chi connectivity index (χ3v) is 4.45. The number of nitrogens with zero attached hydrogens (tertiary/aromatic N) is 2. The summed E-state index contributed by atoms with van der Waals surface area (Å²) in [6.45, 7) is 1.69. The first-order chi connectivity index (χ1) is 12.8. The molecule has 0 saturated heterocycles. The number of aryl methyl sites for hydroxylation is 1. The first-order valence-corrected chi connectivity index (χ1v) is 9.33. The lowest BCUT2D eigenvalue weighted by Crippen LogP contribution is -2.38. The summed E-state index contributed by atoms with van der Waals surface area (Å²) in [7, 11) is -2.73. The van der Waals surface area contributed by atoms with Gasteiger partial charge in [-0.2, -0.15) is 13.4 Å². The summed E-state index contributed by atoms with van der Waals surface area (Å²) in [5.41, 5.74) is 0.872. The van der Waals surface area contributed by atoms with Crippen molar-refractivity contribution in [3.05, 3.63) is 54.2 Å². The fourth-order valence-corrected chi connectivity index (χ4v) is 3.17. The van der Waals surface area contributed by atoms with Crippen LogP contribution in [0.1, 0.15) is 5.69 Å². The molecule has 0 aliphatic carbocycles. The third kappa shape index (κ3) is 4.82. The van der Waals surface area contributed by atoms with Gasteiger partial charge in [0.25, 0.3) is 0 Å². The fourth-order valence-electron chi connectivity index (χ4n) is 2.38. The first-order valence-electron chi connectivity index (χ1n) is 7.85. The van der Waals surface area contributed by atoms with Crippen LogP contribution >= 0.6 is 0 Å². The molecule has 140 valence electrons. The molecule has 1 aromatic heterocycles. The van der Waals surface area contributed by atoms with Crippen LogP contribution in [0.3, 0.4) is 0 Å². The maximum absolute atomic E-state index is 12.2. The minimum atomic E-state index is -4.15. The molecular weight excluding hydrogens is 370 g/mol. The lowest BCUT2D eigenvalue weighted by molar-refractivity contribution is 0.256. The number of ether oxygens (including phenoxy) is 1. The zero-order valence-corrected chi connectivity index (χ0v) is 15.4. The SMILES string of the molecule is COc1cc(C)nc(NC(=O)NS(=O)(=O)Nc2ccc3ccccc3c2)n1. The topological polar surface area (TPSA) is 122 Å². The van der Waals surface area contributed by atoms with E-state index in [9.17, 15) is 13.2 Å². The number of carbonyl (C=O) groups excluding carboxylic acids is 1. The van der Waals surface area contributed by atoms with Crippen LogP contribution in [0.15, 0.2) is 48.5 Å². The highest BCUT2D eigenvalue weighted by Gasteiger charge is 2.16. The van der Waals surface area contributed by atoms with Gasteiger partial charge in [-0.25, -0.2) is 14.5 Å². The van der Waals surface area contributed by atoms with Crippen LogP contribution in [-0.2, 0) is 10.2 Å². The van der Waals surface area contributed by atoms with Gasteiger partial charge in [0.15, 0.2) is 0 Å². The van der Waals surface area contributed by atoms with Crippen LogP contribution < -0.4 is 19.5 Å². The number of urea groups is 1. The van der Waals surface area contributed by atoms with Gasteiger partial charge >= 0.3 is 16.2 Å². The summed E-state index contributed by atoms with van der Waals surface area (Å²) in [6.07, 6.45) is 0. The average Bonchev–Trinajstić information content (AvgIpc) is 2.60. The molecule has 3 aromatic rings. The van der Waals surface area contributed by atoms with Crippen LogP contribution in [0.25, 0.3) is 10.8 Å². The van der Waals surface area contributed by atoms with Gasteiger partial charge in [-0.15, -0.1) is 0 Å². The van der Waals surface area contributed by atoms with Gasteiger partial charge in [-0.3, -0.25) is 10.0 Å². The van der Waals surface area contributed by atoms with Gasteiger partial charge in [0.1, 0.15) is 0 Å². The second-order valence-corrected chi connectivity index (χ2v) is 7.01. The predicted octanol–water partition coefficient (Wildman–Crippen LogP) is 2.43. The highest BCUT2D eigenvalue weighted by Crippen LogP contribution is 2.19. The van der Waals surface area contributed by atoms with Crippen molar-refractivity contribution in [2.24, 2.45) is 0 Å². The molecule has 1 heterocycles. The minimum absolute atomic E-state index is 0.0785. The van der Waals surface area contributed by atoms with Crippen molar-refractivity contribution in [2.45, 2.75) is 6.92 Å². The maximum Gasteiger partial charge on any atom is 0.336 e. The number of nitrogens with one attached hydrogen (secondary N) is 3. The Labute approximate surface area is 156 Å². The Balaban J connectivity index is 1.69. The molecule has 2 amide bonds. The van der Waals surface area contributed by atoms with Crippen LogP contribution in [0.2, 0.25) is 0 Å². The van der Waals surface area contributed by atoms with Gasteiger partial charge < -0.3 is 4.74 Å². The van der Waals surface area contributed by atoms with Gasteiger partial charge in [-0.1, -0.05) is 30.3 Å². The van der Waals surface area contributed by atoms with E-state index in [2.05, 4.69) is 20.0 Å². The first kappa shape index (κ1) is 18.4. The van der Waals surface area contributed by atoms with Gasteiger partial charge in [-0.05, 0) is 29.8 Å². The van der Waals surface area contributed by atoms with Crippen molar-refractivity contribution in [2.75, 3.05) is 17.1 Å². The van der Waals surface area contributed by atoms with E-state index in [1.807, 2.05) is 29.0 Å². The summed E-state index contributed by atoms with van der Waals surface area (Å²) in [6, 6.07) is 13.1. The van der Waals surface area contributed by atoms with Crippen molar-refractivity contribution >= 4 is 38.6 Å². The molecule has 10 heteroatoms. The van der Waals surface area contributed by atoms with Crippen molar-refractivity contribution in [1.29, 1.82) is 0 Å². The molecule has 0 fully saturated rings. The van der Waals surface area contributed by atoms with E-state index in [1.54, 1.807) is 31.2 Å². The Morgan fingerprint density at radius 2 is 1.78 bits per heavy atom. The molecule has 0 spiro atoms. The maximum atomic E-state index is 12.2. The fraction of sp³-hybridized carbons (Fsp3) is 0.118. The molecule has 9 nitrogen and oxygen atoms in total. The van der Waals surface area contributed by atoms with Gasteiger partial charge in [0, 0.05) is 11.8 Å². The Morgan fingerprint density at radius 3 is 2.52 bits per heavy atom. The van der Waals surface area contributed by atoms with E-state index < -0.39 is 16.2 Å². The minimum Gasteiger partial charge on any atom is -0.481 e. The van der Waals surface area contributed by atoms with Crippen LogP contribution in [0.5, 0.6) is 5.88 Å². The molecule has 27 heavy (non-hydrogen) atoms. The summed E-state index contributed by atoms with van der Waals surface area (Å²) >= 11 is 0. The Kier molecular flexibility index (Phi) is 5.08. The Bertz CT molecular complexity index is 1100. The number of methoxy groups -OCH3 is 1. The summed E-state index contributed by atoms with van der Waals surface area (Å²) in [5.74, 6) is 0.167. The quantitative estimate of drug-likeness (QED) is 0.618. The van der Waals surface area contributed by atoms with Crippen molar-refractivity contribution in [1.82, 2.24) is 14.7 Å². The Hall–Kier alpha value is -3.40. The number of hydrogen-bond acceptors (Lipinski definition) is 6. The van der Waals surface area contributed by atoms with Crippen molar-refractivity contribution < 1.29 is 17.9 Å². The second kappa shape index (κ2) is 7.46. The van der Waals surface area contributed by atoms with Crippen molar-refractivity contribution in [3.8, 4) is 5.88 Å². The molecule has 3 rings (SSSR count). The normalized spacial score (nSPS) is 11.0. The molecule has 0 radical (unpaired) electrons. The number of hydrogen-bond donors (Lipinski definition) is 3. The predicted molar refractivity (Wildman–Crippen MR) is 102 cm³/mol. The number of benzene rings is 2. The average molecular weight is 387 g/mol. The third-order valence-electron chi connectivity index (χ3n) is 3.49. The molecule has 0 bridgehead atoms. The smallest absolute Gasteiger partial charge is 0.336 e. The van der Waals surface area contributed by atoms with Gasteiger partial charge in [0.2, 0.25) is 11.8 Å². The van der Waals surface area contributed by atoms with E-state index in [-0.39, 0.29) is 11.8 Å². The number of carbonyl (C=O) groups is 1. The Morgan fingerprint density at radius 1 is 1.04 bits per heavy atom. The van der Waals surface area contributed by atoms with Crippen LogP contribution in [0, 0.1) is 6.92 Å². The molecule has 2 aromatic carbocycles. The largest absolute Gasteiger partial charge is 0.481 e. The highest BCUT2D eigenvalue weighted by atomic mass is 32.2. The highest BCUT2D eigenvalue weighted by molar-refractivity contribution is 7.91. The number of aromatic nitrogens is 2.